The third-order valence-corrected chi connectivity index (χ3v) is 3.85. The molecule has 0 fully saturated rings. The number of hydrogen-bond acceptors (Lipinski definition) is 1. The molecule has 0 unspecified atom stereocenters. The Balaban J connectivity index is 2.08. The highest BCUT2D eigenvalue weighted by Crippen LogP contribution is 2.22. The smallest absolute Gasteiger partial charge is 0.225 e. The number of nitrogens with one attached hydrogen (secondary N) is 1. The predicted molar refractivity (Wildman–Crippen MR) is 91.9 cm³/mol. The fourth-order valence-corrected chi connectivity index (χ4v) is 2.68. The van der Waals surface area contributed by atoms with Crippen LogP contribution in [0, 0.1) is 11.7 Å². The molecule has 2 nitrogen and oxygen atoms in total. The Bertz CT molecular complexity index is 658. The SMILES string of the molecule is CC(C)C[C@H](NC(=O)Cc1ccc(Cl)cc1F)c1ccccc1. The molecule has 0 heterocycles. The summed E-state index contributed by atoms with van der Waals surface area (Å²) in [4.78, 5) is 12.3. The minimum Gasteiger partial charge on any atom is -0.349 e. The zero-order valence-corrected chi connectivity index (χ0v) is 14.1. The summed E-state index contributed by atoms with van der Waals surface area (Å²) in [5.41, 5.74) is 1.41. The minimum absolute atomic E-state index is 0.00440. The van der Waals surface area contributed by atoms with Gasteiger partial charge in [0, 0.05) is 5.02 Å². The molecule has 2 aromatic rings. The van der Waals surface area contributed by atoms with Crippen LogP contribution in [0.5, 0.6) is 0 Å². The van der Waals surface area contributed by atoms with Gasteiger partial charge in [0.1, 0.15) is 5.82 Å². The van der Waals surface area contributed by atoms with Gasteiger partial charge in [-0.25, -0.2) is 4.39 Å². The second kappa shape index (κ2) is 8.11. The quantitative estimate of drug-likeness (QED) is 0.798. The Morgan fingerprint density at radius 3 is 2.48 bits per heavy atom. The van der Waals surface area contributed by atoms with E-state index in [1.54, 1.807) is 12.1 Å². The van der Waals surface area contributed by atoms with E-state index in [-0.39, 0.29) is 18.4 Å². The van der Waals surface area contributed by atoms with Crippen molar-refractivity contribution in [3.63, 3.8) is 0 Å². The molecule has 0 aromatic heterocycles. The van der Waals surface area contributed by atoms with Crippen molar-refractivity contribution in [2.45, 2.75) is 32.7 Å². The van der Waals surface area contributed by atoms with Crippen LogP contribution in [0.15, 0.2) is 48.5 Å². The van der Waals surface area contributed by atoms with Crippen molar-refractivity contribution in [2.75, 3.05) is 0 Å². The fraction of sp³-hybridized carbons (Fsp3) is 0.316. The molecule has 0 aliphatic heterocycles. The van der Waals surface area contributed by atoms with Crippen LogP contribution >= 0.6 is 11.6 Å². The molecule has 0 saturated carbocycles. The minimum atomic E-state index is -0.451. The Labute approximate surface area is 141 Å². The summed E-state index contributed by atoms with van der Waals surface area (Å²) in [6, 6.07) is 14.1. The van der Waals surface area contributed by atoms with Crippen LogP contribution in [-0.4, -0.2) is 5.91 Å². The van der Waals surface area contributed by atoms with Gasteiger partial charge in [-0.05, 0) is 35.6 Å². The fourth-order valence-electron chi connectivity index (χ4n) is 2.52. The molecule has 122 valence electrons. The molecule has 2 aromatic carbocycles. The summed E-state index contributed by atoms with van der Waals surface area (Å²) in [7, 11) is 0. The van der Waals surface area contributed by atoms with Gasteiger partial charge in [0.05, 0.1) is 12.5 Å². The summed E-state index contributed by atoms with van der Waals surface area (Å²) in [6.07, 6.45) is 0.837. The molecule has 1 N–H and O–H groups in total. The molecule has 23 heavy (non-hydrogen) atoms. The molecule has 0 saturated heterocycles. The number of rotatable bonds is 6. The zero-order valence-electron chi connectivity index (χ0n) is 13.4. The van der Waals surface area contributed by atoms with Crippen LogP contribution in [0.1, 0.15) is 37.4 Å². The summed E-state index contributed by atoms with van der Waals surface area (Å²) in [6.45, 7) is 4.22. The van der Waals surface area contributed by atoms with Gasteiger partial charge >= 0.3 is 0 Å². The Morgan fingerprint density at radius 1 is 1.17 bits per heavy atom. The van der Waals surface area contributed by atoms with Gasteiger partial charge in [-0.15, -0.1) is 0 Å². The number of benzene rings is 2. The highest BCUT2D eigenvalue weighted by atomic mass is 35.5. The van der Waals surface area contributed by atoms with Gasteiger partial charge in [-0.2, -0.15) is 0 Å². The average Bonchev–Trinajstić information content (AvgIpc) is 2.50. The molecule has 0 radical (unpaired) electrons. The van der Waals surface area contributed by atoms with E-state index in [0.29, 0.717) is 16.5 Å². The largest absolute Gasteiger partial charge is 0.349 e. The lowest BCUT2D eigenvalue weighted by Crippen LogP contribution is -2.31. The average molecular weight is 334 g/mol. The standard InChI is InChI=1S/C19H21ClFNO/c1-13(2)10-18(14-6-4-3-5-7-14)22-19(23)11-15-8-9-16(20)12-17(15)21/h3-9,12-13,18H,10-11H2,1-2H3,(H,22,23)/t18-/m0/s1. The number of carbonyl (C=O) groups is 1. The second-order valence-corrected chi connectivity index (χ2v) is 6.51. The molecular weight excluding hydrogens is 313 g/mol. The van der Waals surface area contributed by atoms with Crippen molar-refractivity contribution in [3.8, 4) is 0 Å². The Kier molecular flexibility index (Phi) is 6.17. The first kappa shape index (κ1) is 17.5. The monoisotopic (exact) mass is 333 g/mol. The van der Waals surface area contributed by atoms with E-state index in [1.807, 2.05) is 30.3 Å². The van der Waals surface area contributed by atoms with Gasteiger partial charge in [0.2, 0.25) is 5.91 Å². The van der Waals surface area contributed by atoms with Crippen molar-refractivity contribution in [1.82, 2.24) is 5.32 Å². The van der Waals surface area contributed by atoms with Gasteiger partial charge in [-0.3, -0.25) is 4.79 Å². The molecule has 1 atom stereocenters. The lowest BCUT2D eigenvalue weighted by molar-refractivity contribution is -0.121. The first-order valence-electron chi connectivity index (χ1n) is 7.74. The van der Waals surface area contributed by atoms with Crippen molar-refractivity contribution in [1.29, 1.82) is 0 Å². The van der Waals surface area contributed by atoms with Gasteiger partial charge in [-0.1, -0.05) is 61.8 Å². The van der Waals surface area contributed by atoms with Gasteiger partial charge in [0.25, 0.3) is 0 Å². The lowest BCUT2D eigenvalue weighted by Gasteiger charge is -2.21. The van der Waals surface area contributed by atoms with Crippen molar-refractivity contribution < 1.29 is 9.18 Å². The lowest BCUT2D eigenvalue weighted by atomic mass is 9.96. The third kappa shape index (κ3) is 5.36. The summed E-state index contributed by atoms with van der Waals surface area (Å²) in [5, 5.41) is 3.34. The van der Waals surface area contributed by atoms with E-state index in [4.69, 9.17) is 11.6 Å². The zero-order chi connectivity index (χ0) is 16.8. The van der Waals surface area contributed by atoms with Crippen molar-refractivity contribution in [3.05, 3.63) is 70.5 Å². The predicted octanol–water partition coefficient (Wildman–Crippen LogP) is 4.93. The molecule has 1 amide bonds. The highest BCUT2D eigenvalue weighted by Gasteiger charge is 2.17. The molecule has 0 aliphatic carbocycles. The first-order chi connectivity index (χ1) is 11.0. The maximum atomic E-state index is 13.8. The van der Waals surface area contributed by atoms with E-state index in [1.165, 1.54) is 6.07 Å². The maximum Gasteiger partial charge on any atom is 0.225 e. The summed E-state index contributed by atoms with van der Waals surface area (Å²) in [5.74, 6) is -0.207. The second-order valence-electron chi connectivity index (χ2n) is 6.07. The van der Waals surface area contributed by atoms with E-state index in [9.17, 15) is 9.18 Å². The van der Waals surface area contributed by atoms with Gasteiger partial charge in [0.15, 0.2) is 0 Å². The molecule has 0 aliphatic rings. The molecule has 2 rings (SSSR count). The first-order valence-corrected chi connectivity index (χ1v) is 8.11. The van der Waals surface area contributed by atoms with E-state index in [0.717, 1.165) is 12.0 Å². The van der Waals surface area contributed by atoms with Crippen LogP contribution in [0.25, 0.3) is 0 Å². The van der Waals surface area contributed by atoms with E-state index in [2.05, 4.69) is 19.2 Å². The van der Waals surface area contributed by atoms with E-state index < -0.39 is 5.82 Å². The highest BCUT2D eigenvalue weighted by molar-refractivity contribution is 6.30. The van der Waals surface area contributed by atoms with Crippen molar-refractivity contribution >= 4 is 17.5 Å². The molecule has 0 spiro atoms. The number of amides is 1. The summed E-state index contributed by atoms with van der Waals surface area (Å²) < 4.78 is 13.8. The third-order valence-electron chi connectivity index (χ3n) is 3.61. The number of carbonyl (C=O) groups excluding carboxylic acids is 1. The topological polar surface area (TPSA) is 29.1 Å². The molecule has 0 bridgehead atoms. The van der Waals surface area contributed by atoms with Crippen LogP contribution < -0.4 is 5.32 Å². The maximum absolute atomic E-state index is 13.8. The van der Waals surface area contributed by atoms with Crippen LogP contribution in [0.4, 0.5) is 4.39 Å². The normalized spacial score (nSPS) is 12.2. The number of hydrogen-bond donors (Lipinski definition) is 1. The number of halogens is 2. The Morgan fingerprint density at radius 2 is 1.87 bits per heavy atom. The van der Waals surface area contributed by atoms with Crippen LogP contribution in [0.3, 0.4) is 0 Å². The Hall–Kier alpha value is -1.87. The van der Waals surface area contributed by atoms with E-state index >= 15 is 0 Å². The van der Waals surface area contributed by atoms with Gasteiger partial charge < -0.3 is 5.32 Å². The van der Waals surface area contributed by atoms with Crippen LogP contribution in [0.2, 0.25) is 5.02 Å². The summed E-state index contributed by atoms with van der Waals surface area (Å²) >= 11 is 5.73. The molecular formula is C19H21ClFNO. The van der Waals surface area contributed by atoms with Crippen molar-refractivity contribution in [2.24, 2.45) is 5.92 Å². The molecule has 4 heteroatoms. The van der Waals surface area contributed by atoms with Crippen LogP contribution in [-0.2, 0) is 11.2 Å².